The maximum absolute atomic E-state index is 12.1. The average Bonchev–Trinajstić information content (AvgIpc) is 2.48. The Morgan fingerprint density at radius 1 is 1.10 bits per heavy atom. The molecule has 1 aromatic carbocycles. The highest BCUT2D eigenvalue weighted by Crippen LogP contribution is 2.08. The van der Waals surface area contributed by atoms with E-state index in [0.29, 0.717) is 24.2 Å². The molecule has 0 radical (unpaired) electrons. The van der Waals surface area contributed by atoms with Crippen LogP contribution in [0.2, 0.25) is 0 Å². The van der Waals surface area contributed by atoms with Crippen LogP contribution in [0.25, 0.3) is 0 Å². The monoisotopic (exact) mass is 292 g/mol. The van der Waals surface area contributed by atoms with E-state index in [4.69, 9.17) is 5.11 Å². The molecule has 21 heavy (non-hydrogen) atoms. The fourth-order valence-corrected chi connectivity index (χ4v) is 1.80. The van der Waals surface area contributed by atoms with Crippen molar-refractivity contribution >= 4 is 17.8 Å². The van der Waals surface area contributed by atoms with Crippen LogP contribution in [-0.4, -0.2) is 46.9 Å². The summed E-state index contributed by atoms with van der Waals surface area (Å²) in [6, 6.07) is 5.21. The van der Waals surface area contributed by atoms with E-state index in [0.717, 1.165) is 0 Å². The minimum absolute atomic E-state index is 0.0918. The van der Waals surface area contributed by atoms with Crippen molar-refractivity contribution in [1.29, 1.82) is 0 Å². The quantitative estimate of drug-likeness (QED) is 0.829. The smallest absolute Gasteiger partial charge is 0.325 e. The van der Waals surface area contributed by atoms with Crippen LogP contribution >= 0.6 is 0 Å². The number of carbonyl (C=O) groups is 3. The molecule has 2 N–H and O–H groups in total. The number of aliphatic carboxylic acids is 1. The Hall–Kier alpha value is -2.37. The standard InChI is InChI=1S/C15H20N2O4/c1-4-17(5-2)14(19)12-8-6-11(7-9-12)13(18)16-10(3)15(20)21/h6-10H,4-5H2,1-3H3,(H,16,18)(H,20,21)/t10-/m0/s1. The molecule has 0 bridgehead atoms. The molecule has 114 valence electrons. The van der Waals surface area contributed by atoms with Crippen molar-refractivity contribution in [3.05, 3.63) is 35.4 Å². The second kappa shape index (κ2) is 7.42. The first-order chi connectivity index (χ1) is 9.90. The van der Waals surface area contributed by atoms with Crippen molar-refractivity contribution in [1.82, 2.24) is 10.2 Å². The Balaban J connectivity index is 2.80. The van der Waals surface area contributed by atoms with Gasteiger partial charge in [0, 0.05) is 24.2 Å². The van der Waals surface area contributed by atoms with Crippen molar-refractivity contribution in [2.45, 2.75) is 26.8 Å². The van der Waals surface area contributed by atoms with E-state index in [1.54, 1.807) is 17.0 Å². The molecule has 0 aliphatic carbocycles. The van der Waals surface area contributed by atoms with Gasteiger partial charge in [0.25, 0.3) is 11.8 Å². The van der Waals surface area contributed by atoms with Gasteiger partial charge in [0.2, 0.25) is 0 Å². The van der Waals surface area contributed by atoms with Gasteiger partial charge in [0.1, 0.15) is 6.04 Å². The fourth-order valence-electron chi connectivity index (χ4n) is 1.80. The van der Waals surface area contributed by atoms with Crippen LogP contribution in [0.4, 0.5) is 0 Å². The predicted molar refractivity (Wildman–Crippen MR) is 78.3 cm³/mol. The minimum Gasteiger partial charge on any atom is -0.480 e. The lowest BCUT2D eigenvalue weighted by molar-refractivity contribution is -0.138. The van der Waals surface area contributed by atoms with Gasteiger partial charge in [-0.1, -0.05) is 0 Å². The molecule has 0 fully saturated rings. The molecule has 1 atom stereocenters. The van der Waals surface area contributed by atoms with E-state index in [1.165, 1.54) is 19.1 Å². The van der Waals surface area contributed by atoms with Gasteiger partial charge >= 0.3 is 5.97 Å². The third-order valence-corrected chi connectivity index (χ3v) is 3.16. The van der Waals surface area contributed by atoms with Crippen molar-refractivity contribution in [2.75, 3.05) is 13.1 Å². The molecule has 2 amide bonds. The normalized spacial score (nSPS) is 11.6. The number of rotatable bonds is 6. The zero-order valence-corrected chi connectivity index (χ0v) is 12.4. The summed E-state index contributed by atoms with van der Waals surface area (Å²) in [5.74, 6) is -1.67. The number of hydrogen-bond acceptors (Lipinski definition) is 3. The lowest BCUT2D eigenvalue weighted by Gasteiger charge is -2.18. The number of carboxylic acids is 1. The highest BCUT2D eigenvalue weighted by atomic mass is 16.4. The zero-order valence-electron chi connectivity index (χ0n) is 12.4. The van der Waals surface area contributed by atoms with Crippen molar-refractivity contribution in [3.63, 3.8) is 0 Å². The largest absolute Gasteiger partial charge is 0.480 e. The Bertz CT molecular complexity index is 521. The van der Waals surface area contributed by atoms with E-state index in [9.17, 15) is 14.4 Å². The number of carbonyl (C=O) groups excluding carboxylic acids is 2. The minimum atomic E-state index is -1.10. The van der Waals surface area contributed by atoms with Crippen LogP contribution in [0.5, 0.6) is 0 Å². The summed E-state index contributed by atoms with van der Waals surface area (Å²) in [4.78, 5) is 36.3. The van der Waals surface area contributed by atoms with E-state index in [1.807, 2.05) is 13.8 Å². The Labute approximate surface area is 123 Å². The number of benzene rings is 1. The molecule has 0 aliphatic rings. The number of carboxylic acid groups (broad SMARTS) is 1. The first kappa shape index (κ1) is 16.7. The van der Waals surface area contributed by atoms with Gasteiger partial charge in [-0.05, 0) is 45.0 Å². The molecular weight excluding hydrogens is 272 g/mol. The molecule has 0 spiro atoms. The summed E-state index contributed by atoms with van der Waals surface area (Å²) < 4.78 is 0. The SMILES string of the molecule is CCN(CC)C(=O)c1ccc(C(=O)N[C@@H](C)C(=O)O)cc1. The lowest BCUT2D eigenvalue weighted by Crippen LogP contribution is -2.38. The van der Waals surface area contributed by atoms with Gasteiger partial charge < -0.3 is 15.3 Å². The molecule has 0 heterocycles. The van der Waals surface area contributed by atoms with Crippen LogP contribution in [0.1, 0.15) is 41.5 Å². The van der Waals surface area contributed by atoms with Gasteiger partial charge in [-0.25, -0.2) is 0 Å². The van der Waals surface area contributed by atoms with E-state index < -0.39 is 17.9 Å². The third kappa shape index (κ3) is 4.30. The maximum atomic E-state index is 12.1. The van der Waals surface area contributed by atoms with Crippen LogP contribution < -0.4 is 5.32 Å². The molecule has 6 nitrogen and oxygen atoms in total. The van der Waals surface area contributed by atoms with E-state index in [2.05, 4.69) is 5.32 Å². The molecule has 1 rings (SSSR count). The first-order valence-electron chi connectivity index (χ1n) is 6.83. The van der Waals surface area contributed by atoms with Gasteiger partial charge in [-0.3, -0.25) is 14.4 Å². The molecule has 0 aromatic heterocycles. The Morgan fingerprint density at radius 2 is 1.57 bits per heavy atom. The number of amides is 2. The highest BCUT2D eigenvalue weighted by molar-refractivity contribution is 5.99. The van der Waals surface area contributed by atoms with E-state index in [-0.39, 0.29) is 5.91 Å². The average molecular weight is 292 g/mol. The summed E-state index contributed by atoms with van der Waals surface area (Å²) in [5, 5.41) is 11.1. The maximum Gasteiger partial charge on any atom is 0.325 e. The van der Waals surface area contributed by atoms with Gasteiger partial charge in [-0.2, -0.15) is 0 Å². The Kier molecular flexibility index (Phi) is 5.90. The number of nitrogens with one attached hydrogen (secondary N) is 1. The summed E-state index contributed by atoms with van der Waals surface area (Å²) in [5.41, 5.74) is 0.820. The highest BCUT2D eigenvalue weighted by Gasteiger charge is 2.16. The second-order valence-corrected chi connectivity index (χ2v) is 4.59. The fraction of sp³-hybridized carbons (Fsp3) is 0.400. The summed E-state index contributed by atoms with van der Waals surface area (Å²) in [7, 11) is 0. The van der Waals surface area contributed by atoms with Crippen LogP contribution in [0.3, 0.4) is 0 Å². The zero-order chi connectivity index (χ0) is 16.0. The molecule has 6 heteroatoms. The van der Waals surface area contributed by atoms with Crippen LogP contribution in [-0.2, 0) is 4.79 Å². The van der Waals surface area contributed by atoms with Crippen LogP contribution in [0.15, 0.2) is 24.3 Å². The molecule has 0 saturated carbocycles. The number of hydrogen-bond donors (Lipinski definition) is 2. The second-order valence-electron chi connectivity index (χ2n) is 4.59. The van der Waals surface area contributed by atoms with Crippen molar-refractivity contribution in [2.24, 2.45) is 0 Å². The van der Waals surface area contributed by atoms with Crippen molar-refractivity contribution < 1.29 is 19.5 Å². The van der Waals surface area contributed by atoms with E-state index >= 15 is 0 Å². The van der Waals surface area contributed by atoms with Gasteiger partial charge in [0.05, 0.1) is 0 Å². The van der Waals surface area contributed by atoms with Crippen LogP contribution in [0, 0.1) is 0 Å². The first-order valence-corrected chi connectivity index (χ1v) is 6.83. The summed E-state index contributed by atoms with van der Waals surface area (Å²) in [6.07, 6.45) is 0. The summed E-state index contributed by atoms with van der Waals surface area (Å²) in [6.45, 7) is 6.42. The molecule has 0 saturated heterocycles. The lowest BCUT2D eigenvalue weighted by atomic mass is 10.1. The number of nitrogens with zero attached hydrogens (tertiary/aromatic N) is 1. The van der Waals surface area contributed by atoms with Crippen molar-refractivity contribution in [3.8, 4) is 0 Å². The predicted octanol–water partition coefficient (Wildman–Crippen LogP) is 1.37. The Morgan fingerprint density at radius 3 is 2.00 bits per heavy atom. The summed E-state index contributed by atoms with van der Waals surface area (Å²) >= 11 is 0. The molecule has 1 aromatic rings. The van der Waals surface area contributed by atoms with Gasteiger partial charge in [0.15, 0.2) is 0 Å². The topological polar surface area (TPSA) is 86.7 Å². The molecule has 0 aliphatic heterocycles. The van der Waals surface area contributed by atoms with Gasteiger partial charge in [-0.15, -0.1) is 0 Å². The molecule has 0 unspecified atom stereocenters. The third-order valence-electron chi connectivity index (χ3n) is 3.16. The molecular formula is C15H20N2O4.